The quantitative estimate of drug-likeness (QED) is 0.661. The van der Waals surface area contributed by atoms with Gasteiger partial charge in [-0.15, -0.1) is 0 Å². The molecule has 2 N–H and O–H groups in total. The number of H-pyrrole nitrogens is 1. The Morgan fingerprint density at radius 1 is 1.04 bits per heavy atom. The maximum atomic E-state index is 12.3. The number of carbonyl (C=O) groups excluding carboxylic acids is 1. The largest absolute Gasteiger partial charge is 0.319 e. The second kappa shape index (κ2) is 6.62. The molecule has 2 aromatic carbocycles. The fourth-order valence-corrected chi connectivity index (χ4v) is 2.47. The normalized spacial score (nSPS) is 10.6. The van der Waals surface area contributed by atoms with Gasteiger partial charge in [0.15, 0.2) is 0 Å². The minimum absolute atomic E-state index is 0.292. The van der Waals surface area contributed by atoms with Crippen molar-refractivity contribution in [3.63, 3.8) is 0 Å². The summed E-state index contributed by atoms with van der Waals surface area (Å²) in [5.74, 6) is -0.359. The molecule has 0 bridgehead atoms. The summed E-state index contributed by atoms with van der Waals surface area (Å²) in [5.41, 5.74) is 2.24. The van der Waals surface area contributed by atoms with Crippen LogP contribution in [0.4, 0.5) is 5.69 Å². The molecular weight excluding hydrogens is 357 g/mol. The molecule has 0 aliphatic rings. The summed E-state index contributed by atoms with van der Waals surface area (Å²) in [6, 6.07) is 13.8. The number of hydrogen-bond donors (Lipinski definition) is 2. The molecule has 4 nitrogen and oxygen atoms in total. The number of nitrogens with one attached hydrogen (secondary N) is 2. The number of nitrogens with zero attached hydrogens (tertiary/aromatic N) is 1. The van der Waals surface area contributed by atoms with Crippen LogP contribution < -0.4 is 5.32 Å². The van der Waals surface area contributed by atoms with Gasteiger partial charge in [-0.2, -0.15) is 5.10 Å². The van der Waals surface area contributed by atoms with Crippen molar-refractivity contribution in [2.24, 2.45) is 0 Å². The number of rotatable bonds is 3. The SMILES string of the molecule is O=C(Nc1cccc(Cl)c1Cl)c1cc(-c2ccc(Cl)cc2)n[nH]1. The first-order valence-corrected chi connectivity index (χ1v) is 7.74. The van der Waals surface area contributed by atoms with E-state index >= 15 is 0 Å². The Kier molecular flexibility index (Phi) is 4.57. The van der Waals surface area contributed by atoms with Crippen LogP contribution in [0, 0.1) is 0 Å². The zero-order valence-electron chi connectivity index (χ0n) is 11.6. The second-order valence-corrected chi connectivity index (χ2v) is 5.95. The average molecular weight is 367 g/mol. The van der Waals surface area contributed by atoms with Crippen molar-refractivity contribution in [3.05, 3.63) is 69.3 Å². The van der Waals surface area contributed by atoms with Gasteiger partial charge in [0.25, 0.3) is 5.91 Å². The number of hydrogen-bond acceptors (Lipinski definition) is 2. The molecule has 0 saturated carbocycles. The number of anilines is 1. The van der Waals surface area contributed by atoms with Gasteiger partial charge in [0.05, 0.1) is 21.4 Å². The van der Waals surface area contributed by atoms with Crippen LogP contribution in [0.15, 0.2) is 48.5 Å². The second-order valence-electron chi connectivity index (χ2n) is 4.73. The Morgan fingerprint density at radius 2 is 1.78 bits per heavy atom. The van der Waals surface area contributed by atoms with Gasteiger partial charge in [-0.25, -0.2) is 0 Å². The van der Waals surface area contributed by atoms with E-state index < -0.39 is 0 Å². The molecule has 7 heteroatoms. The van der Waals surface area contributed by atoms with E-state index in [1.807, 2.05) is 12.1 Å². The van der Waals surface area contributed by atoms with Gasteiger partial charge in [-0.05, 0) is 30.3 Å². The molecule has 0 unspecified atom stereocenters. The van der Waals surface area contributed by atoms with Crippen LogP contribution in [-0.2, 0) is 0 Å². The van der Waals surface area contributed by atoms with Crippen LogP contribution in [-0.4, -0.2) is 16.1 Å². The van der Waals surface area contributed by atoms with Crippen molar-refractivity contribution in [2.45, 2.75) is 0 Å². The zero-order chi connectivity index (χ0) is 16.4. The Bertz CT molecular complexity index is 859. The van der Waals surface area contributed by atoms with E-state index in [0.717, 1.165) is 5.56 Å². The van der Waals surface area contributed by atoms with Gasteiger partial charge in [0, 0.05) is 10.6 Å². The summed E-state index contributed by atoms with van der Waals surface area (Å²) in [5, 5.41) is 10.8. The molecular formula is C16H10Cl3N3O. The maximum Gasteiger partial charge on any atom is 0.273 e. The van der Waals surface area contributed by atoms with E-state index in [0.29, 0.717) is 32.1 Å². The van der Waals surface area contributed by atoms with Crippen LogP contribution in [0.3, 0.4) is 0 Å². The summed E-state index contributed by atoms with van der Waals surface area (Å²) in [6.07, 6.45) is 0. The molecule has 1 aromatic heterocycles. The molecule has 3 rings (SSSR count). The van der Waals surface area contributed by atoms with Gasteiger partial charge < -0.3 is 5.32 Å². The lowest BCUT2D eigenvalue weighted by atomic mass is 10.1. The minimum atomic E-state index is -0.359. The highest BCUT2D eigenvalue weighted by Crippen LogP contribution is 2.30. The summed E-state index contributed by atoms with van der Waals surface area (Å²) >= 11 is 17.8. The van der Waals surface area contributed by atoms with Crippen molar-refractivity contribution < 1.29 is 4.79 Å². The van der Waals surface area contributed by atoms with Crippen molar-refractivity contribution >= 4 is 46.4 Å². The van der Waals surface area contributed by atoms with Gasteiger partial charge in [-0.3, -0.25) is 9.89 Å². The van der Waals surface area contributed by atoms with Crippen molar-refractivity contribution in [3.8, 4) is 11.3 Å². The predicted octanol–water partition coefficient (Wildman–Crippen LogP) is 5.29. The van der Waals surface area contributed by atoms with Crippen LogP contribution >= 0.6 is 34.8 Å². The predicted molar refractivity (Wildman–Crippen MR) is 93.4 cm³/mol. The van der Waals surface area contributed by atoms with Crippen molar-refractivity contribution in [2.75, 3.05) is 5.32 Å². The van der Waals surface area contributed by atoms with Crippen molar-refractivity contribution in [1.82, 2.24) is 10.2 Å². The number of aromatic amines is 1. The highest BCUT2D eigenvalue weighted by atomic mass is 35.5. The molecule has 0 fully saturated rings. The molecule has 116 valence electrons. The van der Waals surface area contributed by atoms with Crippen LogP contribution in [0.2, 0.25) is 15.1 Å². The number of benzene rings is 2. The summed E-state index contributed by atoms with van der Waals surface area (Å²) in [4.78, 5) is 12.3. The Balaban J connectivity index is 1.81. The molecule has 0 saturated heterocycles. The number of amides is 1. The summed E-state index contributed by atoms with van der Waals surface area (Å²) < 4.78 is 0. The molecule has 1 heterocycles. The Hall–Kier alpha value is -2.01. The Labute approximate surface area is 147 Å². The van der Waals surface area contributed by atoms with Gasteiger partial charge in [0.1, 0.15) is 5.69 Å². The highest BCUT2D eigenvalue weighted by Gasteiger charge is 2.13. The summed E-state index contributed by atoms with van der Waals surface area (Å²) in [7, 11) is 0. The van der Waals surface area contributed by atoms with Gasteiger partial charge in [0.2, 0.25) is 0 Å². The first-order valence-electron chi connectivity index (χ1n) is 6.61. The molecule has 0 aliphatic carbocycles. The topological polar surface area (TPSA) is 57.8 Å². The van der Waals surface area contributed by atoms with Crippen LogP contribution in [0.25, 0.3) is 11.3 Å². The fraction of sp³-hybridized carbons (Fsp3) is 0. The molecule has 3 aromatic rings. The Morgan fingerprint density at radius 3 is 2.52 bits per heavy atom. The lowest BCUT2D eigenvalue weighted by Crippen LogP contribution is -2.12. The highest BCUT2D eigenvalue weighted by molar-refractivity contribution is 6.44. The van der Waals surface area contributed by atoms with Crippen LogP contribution in [0.5, 0.6) is 0 Å². The van der Waals surface area contributed by atoms with E-state index in [1.165, 1.54) is 0 Å². The standard InChI is InChI=1S/C16H10Cl3N3O/c17-10-6-4-9(5-7-10)13-8-14(22-21-13)16(23)20-12-3-1-2-11(18)15(12)19/h1-8H,(H,20,23)(H,21,22). The van der Waals surface area contributed by atoms with E-state index in [1.54, 1.807) is 36.4 Å². The summed E-state index contributed by atoms with van der Waals surface area (Å²) in [6.45, 7) is 0. The number of halogens is 3. The average Bonchev–Trinajstić information content (AvgIpc) is 3.02. The lowest BCUT2D eigenvalue weighted by Gasteiger charge is -2.06. The lowest BCUT2D eigenvalue weighted by molar-refractivity contribution is 0.102. The number of carbonyl (C=O) groups is 1. The molecule has 0 atom stereocenters. The first-order chi connectivity index (χ1) is 11.0. The molecule has 0 radical (unpaired) electrons. The van der Waals surface area contributed by atoms with Gasteiger partial charge >= 0.3 is 0 Å². The zero-order valence-corrected chi connectivity index (χ0v) is 13.9. The van der Waals surface area contributed by atoms with E-state index in [9.17, 15) is 4.79 Å². The van der Waals surface area contributed by atoms with E-state index in [2.05, 4.69) is 15.5 Å². The molecule has 0 aliphatic heterocycles. The third-order valence-corrected chi connectivity index (χ3v) is 4.23. The first kappa shape index (κ1) is 15.9. The van der Waals surface area contributed by atoms with Crippen LogP contribution in [0.1, 0.15) is 10.5 Å². The minimum Gasteiger partial charge on any atom is -0.319 e. The molecule has 1 amide bonds. The monoisotopic (exact) mass is 365 g/mol. The number of aromatic nitrogens is 2. The maximum absolute atomic E-state index is 12.3. The third kappa shape index (κ3) is 3.50. The van der Waals surface area contributed by atoms with Gasteiger partial charge in [-0.1, -0.05) is 53.0 Å². The van der Waals surface area contributed by atoms with E-state index in [-0.39, 0.29) is 5.91 Å². The third-order valence-electron chi connectivity index (χ3n) is 3.16. The molecule has 0 spiro atoms. The smallest absolute Gasteiger partial charge is 0.273 e. The fourth-order valence-electron chi connectivity index (χ4n) is 2.00. The van der Waals surface area contributed by atoms with Crippen molar-refractivity contribution in [1.29, 1.82) is 0 Å². The molecule has 23 heavy (non-hydrogen) atoms. The van der Waals surface area contributed by atoms with E-state index in [4.69, 9.17) is 34.8 Å².